The van der Waals surface area contributed by atoms with E-state index in [1.54, 1.807) is 0 Å². The Hall–Kier alpha value is -1.16. The SMILES string of the molecule is CN(Cc1ccc(Br)cc1)CC(C)(CN)c1ccccc1. The van der Waals surface area contributed by atoms with E-state index in [1.807, 2.05) is 6.07 Å². The van der Waals surface area contributed by atoms with Crippen molar-refractivity contribution in [1.82, 2.24) is 4.90 Å². The van der Waals surface area contributed by atoms with Crippen LogP contribution in [-0.4, -0.2) is 25.0 Å². The van der Waals surface area contributed by atoms with Crippen LogP contribution >= 0.6 is 15.9 Å². The van der Waals surface area contributed by atoms with E-state index in [0.29, 0.717) is 6.54 Å². The van der Waals surface area contributed by atoms with E-state index >= 15 is 0 Å². The molecule has 1 atom stereocenters. The topological polar surface area (TPSA) is 29.3 Å². The first kappa shape index (κ1) is 16.2. The molecule has 2 aromatic carbocycles. The number of nitrogens with zero attached hydrogens (tertiary/aromatic N) is 1. The van der Waals surface area contributed by atoms with Crippen LogP contribution in [0.2, 0.25) is 0 Å². The highest BCUT2D eigenvalue weighted by Gasteiger charge is 2.26. The Labute approximate surface area is 136 Å². The zero-order chi connectivity index (χ0) is 15.3. The lowest BCUT2D eigenvalue weighted by Gasteiger charge is -2.33. The van der Waals surface area contributed by atoms with Crippen LogP contribution in [0.4, 0.5) is 0 Å². The lowest BCUT2D eigenvalue weighted by molar-refractivity contribution is 0.252. The molecule has 0 spiro atoms. The van der Waals surface area contributed by atoms with Gasteiger partial charge in [0.15, 0.2) is 0 Å². The van der Waals surface area contributed by atoms with Crippen molar-refractivity contribution < 1.29 is 0 Å². The number of halogens is 1. The van der Waals surface area contributed by atoms with Crippen molar-refractivity contribution in [3.05, 3.63) is 70.2 Å². The number of rotatable bonds is 6. The molecular weight excluding hydrogens is 324 g/mol. The molecule has 2 rings (SSSR count). The van der Waals surface area contributed by atoms with Gasteiger partial charge in [0.05, 0.1) is 0 Å². The average Bonchev–Trinajstić information content (AvgIpc) is 2.50. The molecule has 1 unspecified atom stereocenters. The zero-order valence-corrected chi connectivity index (χ0v) is 14.3. The fraction of sp³-hybridized carbons (Fsp3) is 0.333. The van der Waals surface area contributed by atoms with E-state index < -0.39 is 0 Å². The van der Waals surface area contributed by atoms with Crippen LogP contribution in [0, 0.1) is 0 Å². The molecule has 0 saturated heterocycles. The third-order valence-electron chi connectivity index (χ3n) is 3.91. The number of likely N-dealkylation sites (N-methyl/N-ethyl adjacent to an activating group) is 1. The maximum Gasteiger partial charge on any atom is 0.0231 e. The van der Waals surface area contributed by atoms with E-state index in [0.717, 1.165) is 17.6 Å². The second-order valence-electron chi connectivity index (χ2n) is 5.93. The maximum absolute atomic E-state index is 6.07. The van der Waals surface area contributed by atoms with Gasteiger partial charge in [-0.05, 0) is 30.3 Å². The molecule has 0 bridgehead atoms. The third kappa shape index (κ3) is 4.40. The van der Waals surface area contributed by atoms with Crippen LogP contribution < -0.4 is 5.73 Å². The van der Waals surface area contributed by atoms with Crippen molar-refractivity contribution in [3.8, 4) is 0 Å². The summed E-state index contributed by atoms with van der Waals surface area (Å²) >= 11 is 3.47. The molecule has 0 aromatic heterocycles. The van der Waals surface area contributed by atoms with Gasteiger partial charge in [0.2, 0.25) is 0 Å². The summed E-state index contributed by atoms with van der Waals surface area (Å²) in [6, 6.07) is 19.0. The normalized spacial score (nSPS) is 14.1. The Balaban J connectivity index is 2.06. The lowest BCUT2D eigenvalue weighted by Crippen LogP contribution is -2.42. The van der Waals surface area contributed by atoms with E-state index in [9.17, 15) is 0 Å². The van der Waals surface area contributed by atoms with Gasteiger partial charge in [-0.3, -0.25) is 0 Å². The van der Waals surface area contributed by atoms with E-state index in [4.69, 9.17) is 5.73 Å². The van der Waals surface area contributed by atoms with Crippen molar-refractivity contribution in [2.45, 2.75) is 18.9 Å². The minimum Gasteiger partial charge on any atom is -0.330 e. The first-order valence-corrected chi connectivity index (χ1v) is 8.01. The molecule has 0 aliphatic carbocycles. The number of benzene rings is 2. The summed E-state index contributed by atoms with van der Waals surface area (Å²) in [4.78, 5) is 2.34. The van der Waals surface area contributed by atoms with Gasteiger partial charge in [-0.15, -0.1) is 0 Å². The van der Waals surface area contributed by atoms with Gasteiger partial charge in [-0.25, -0.2) is 0 Å². The first-order chi connectivity index (χ1) is 10.0. The quantitative estimate of drug-likeness (QED) is 0.861. The number of hydrogen-bond donors (Lipinski definition) is 1. The van der Waals surface area contributed by atoms with Crippen LogP contribution in [0.5, 0.6) is 0 Å². The average molecular weight is 347 g/mol. The molecule has 0 saturated carbocycles. The molecule has 0 radical (unpaired) electrons. The highest BCUT2D eigenvalue weighted by Crippen LogP contribution is 2.24. The highest BCUT2D eigenvalue weighted by molar-refractivity contribution is 9.10. The molecule has 112 valence electrons. The van der Waals surface area contributed by atoms with Gasteiger partial charge in [0.25, 0.3) is 0 Å². The number of hydrogen-bond acceptors (Lipinski definition) is 2. The zero-order valence-electron chi connectivity index (χ0n) is 12.7. The lowest BCUT2D eigenvalue weighted by atomic mass is 9.82. The Kier molecular flexibility index (Phi) is 5.57. The van der Waals surface area contributed by atoms with E-state index in [1.165, 1.54) is 11.1 Å². The summed E-state index contributed by atoms with van der Waals surface area (Å²) < 4.78 is 1.12. The van der Waals surface area contributed by atoms with Crippen LogP contribution in [0.1, 0.15) is 18.1 Å². The van der Waals surface area contributed by atoms with Crippen molar-refractivity contribution >= 4 is 15.9 Å². The minimum atomic E-state index is -0.0224. The molecule has 0 aliphatic rings. The molecular formula is C18H23BrN2. The summed E-state index contributed by atoms with van der Waals surface area (Å²) in [6.07, 6.45) is 0. The molecule has 0 fully saturated rings. The summed E-state index contributed by atoms with van der Waals surface area (Å²) in [5.41, 5.74) is 8.66. The fourth-order valence-corrected chi connectivity index (χ4v) is 2.93. The molecule has 3 heteroatoms. The largest absolute Gasteiger partial charge is 0.330 e. The van der Waals surface area contributed by atoms with Crippen LogP contribution in [0.25, 0.3) is 0 Å². The van der Waals surface area contributed by atoms with Gasteiger partial charge in [-0.2, -0.15) is 0 Å². The van der Waals surface area contributed by atoms with Crippen LogP contribution in [0.15, 0.2) is 59.1 Å². The molecule has 2 aromatic rings. The molecule has 2 nitrogen and oxygen atoms in total. The van der Waals surface area contributed by atoms with Gasteiger partial charge in [0, 0.05) is 29.5 Å². The maximum atomic E-state index is 6.07. The minimum absolute atomic E-state index is 0.0224. The Morgan fingerprint density at radius 2 is 1.67 bits per heavy atom. The molecule has 0 heterocycles. The monoisotopic (exact) mass is 346 g/mol. The van der Waals surface area contributed by atoms with Crippen molar-refractivity contribution in [2.75, 3.05) is 20.1 Å². The van der Waals surface area contributed by atoms with Gasteiger partial charge >= 0.3 is 0 Å². The van der Waals surface area contributed by atoms with Crippen LogP contribution in [-0.2, 0) is 12.0 Å². The molecule has 0 amide bonds. The summed E-state index contributed by atoms with van der Waals surface area (Å²) in [6.45, 7) is 4.74. The Bertz CT molecular complexity index is 553. The van der Waals surface area contributed by atoms with Crippen molar-refractivity contribution in [3.63, 3.8) is 0 Å². The van der Waals surface area contributed by atoms with E-state index in [-0.39, 0.29) is 5.41 Å². The predicted octanol–water partition coefficient (Wildman–Crippen LogP) is 3.80. The molecule has 21 heavy (non-hydrogen) atoms. The van der Waals surface area contributed by atoms with Gasteiger partial charge in [-0.1, -0.05) is 65.3 Å². The Morgan fingerprint density at radius 1 is 1.05 bits per heavy atom. The molecule has 2 N–H and O–H groups in total. The first-order valence-electron chi connectivity index (χ1n) is 7.22. The number of nitrogens with two attached hydrogens (primary N) is 1. The van der Waals surface area contributed by atoms with Gasteiger partial charge < -0.3 is 10.6 Å². The van der Waals surface area contributed by atoms with Crippen LogP contribution in [0.3, 0.4) is 0 Å². The van der Waals surface area contributed by atoms with Crippen molar-refractivity contribution in [1.29, 1.82) is 0 Å². The second-order valence-corrected chi connectivity index (χ2v) is 6.85. The summed E-state index contributed by atoms with van der Waals surface area (Å²) in [5.74, 6) is 0. The smallest absolute Gasteiger partial charge is 0.0231 e. The second kappa shape index (κ2) is 7.21. The Morgan fingerprint density at radius 3 is 2.24 bits per heavy atom. The highest BCUT2D eigenvalue weighted by atomic mass is 79.9. The fourth-order valence-electron chi connectivity index (χ4n) is 2.67. The predicted molar refractivity (Wildman–Crippen MR) is 93.3 cm³/mol. The van der Waals surface area contributed by atoms with E-state index in [2.05, 4.69) is 83.3 Å². The van der Waals surface area contributed by atoms with Crippen molar-refractivity contribution in [2.24, 2.45) is 5.73 Å². The molecule has 0 aliphatic heterocycles. The van der Waals surface area contributed by atoms with Gasteiger partial charge in [0.1, 0.15) is 0 Å². The standard InChI is InChI=1S/C18H23BrN2/c1-18(13-20,16-6-4-3-5-7-16)14-21(2)12-15-8-10-17(19)11-9-15/h3-11H,12-14,20H2,1-2H3. The summed E-state index contributed by atoms with van der Waals surface area (Å²) in [5, 5.41) is 0. The third-order valence-corrected chi connectivity index (χ3v) is 4.43. The summed E-state index contributed by atoms with van der Waals surface area (Å²) in [7, 11) is 2.15.